The van der Waals surface area contributed by atoms with E-state index in [0.717, 1.165) is 0 Å². The van der Waals surface area contributed by atoms with E-state index in [4.69, 9.17) is 29.9 Å². The van der Waals surface area contributed by atoms with Gasteiger partial charge in [-0.2, -0.15) is 0 Å². The highest BCUT2D eigenvalue weighted by molar-refractivity contribution is 9.11. The zero-order valence-electron chi connectivity index (χ0n) is 15.8. The fourth-order valence-corrected chi connectivity index (χ4v) is 4.92. The Bertz CT molecular complexity index is 1180. The lowest BCUT2D eigenvalue weighted by atomic mass is 10.2. The van der Waals surface area contributed by atoms with Gasteiger partial charge in [0.1, 0.15) is 18.1 Å². The Kier molecular flexibility index (Phi) is 6.55. The maximum Gasteiger partial charge on any atom is 0.530 e. The highest BCUT2D eigenvalue weighted by atomic mass is 79.9. The fraction of sp³-hybridized carbons (Fsp3) is 0.333. The van der Waals surface area contributed by atoms with Gasteiger partial charge in [0.15, 0.2) is 0 Å². The van der Waals surface area contributed by atoms with Gasteiger partial charge in [-0.3, -0.25) is 23.4 Å². The number of H-pyrrole nitrogens is 1. The van der Waals surface area contributed by atoms with E-state index in [0.29, 0.717) is 16.3 Å². The summed E-state index contributed by atoms with van der Waals surface area (Å²) < 4.78 is 35.6. The molecule has 2 aliphatic rings. The molecule has 1 unspecified atom stereocenters. The van der Waals surface area contributed by atoms with Gasteiger partial charge in [-0.15, -0.1) is 0 Å². The average Bonchev–Trinajstić information content (AvgIpc) is 3.09. The van der Waals surface area contributed by atoms with Crippen LogP contribution in [0.1, 0.15) is 23.8 Å². The Hall–Kier alpha value is -1.72. The molecule has 13 heteroatoms. The molecule has 31 heavy (non-hydrogen) atoms. The van der Waals surface area contributed by atoms with Gasteiger partial charge in [-0.25, -0.2) is 9.36 Å². The van der Waals surface area contributed by atoms with Crippen LogP contribution in [-0.2, 0) is 25.0 Å². The predicted molar refractivity (Wildman–Crippen MR) is 114 cm³/mol. The van der Waals surface area contributed by atoms with E-state index >= 15 is 0 Å². The molecule has 10 nitrogen and oxygen atoms in total. The number of nitrogens with zero attached hydrogens (tertiary/aromatic N) is 1. The molecule has 0 saturated carbocycles. The van der Waals surface area contributed by atoms with E-state index in [2.05, 4.69) is 20.9 Å². The number of hydrogen-bond donors (Lipinski definition) is 2. The van der Waals surface area contributed by atoms with Crippen molar-refractivity contribution in [3.8, 4) is 5.75 Å². The maximum atomic E-state index is 12.8. The minimum atomic E-state index is -3.93. The number of ether oxygens (including phenoxy) is 1. The third kappa shape index (κ3) is 4.88. The molecular formula is C18H17BrClN2O8P. The van der Waals surface area contributed by atoms with Gasteiger partial charge in [-0.1, -0.05) is 27.5 Å². The lowest BCUT2D eigenvalue weighted by Gasteiger charge is -2.26. The van der Waals surface area contributed by atoms with Gasteiger partial charge in [-0.05, 0) is 29.3 Å². The van der Waals surface area contributed by atoms with Crippen molar-refractivity contribution in [2.75, 3.05) is 6.61 Å². The normalized spacial score (nSPS) is 27.9. The van der Waals surface area contributed by atoms with Crippen LogP contribution < -0.4 is 15.8 Å². The molecule has 0 bridgehead atoms. The van der Waals surface area contributed by atoms with Crippen molar-refractivity contribution in [3.05, 3.63) is 66.4 Å². The number of aromatic nitrogens is 2. The van der Waals surface area contributed by atoms with Gasteiger partial charge >= 0.3 is 13.5 Å². The van der Waals surface area contributed by atoms with Crippen molar-refractivity contribution in [1.29, 1.82) is 0 Å². The molecule has 0 amide bonds. The Balaban J connectivity index is 1.44. The number of phosphoric ester groups is 1. The molecule has 3 heterocycles. The smallest absolute Gasteiger partial charge is 0.404 e. The summed E-state index contributed by atoms with van der Waals surface area (Å²) in [5.41, 5.74) is -0.383. The number of hydrogen-bond acceptors (Lipinski definition) is 8. The van der Waals surface area contributed by atoms with Crippen LogP contribution in [0.2, 0.25) is 5.02 Å². The number of fused-ring (bicyclic) bond motifs is 1. The number of benzene rings is 1. The van der Waals surface area contributed by atoms with Crippen LogP contribution in [0.3, 0.4) is 0 Å². The number of halogens is 2. The molecular weight excluding hydrogens is 519 g/mol. The fourth-order valence-electron chi connectivity index (χ4n) is 3.21. The topological polar surface area (TPSA) is 129 Å². The molecule has 0 spiro atoms. The monoisotopic (exact) mass is 534 g/mol. The summed E-state index contributed by atoms with van der Waals surface area (Å²) in [5, 5.41) is 10.8. The molecule has 166 valence electrons. The summed E-state index contributed by atoms with van der Waals surface area (Å²) in [4.78, 5) is 27.7. The first-order valence-corrected chi connectivity index (χ1v) is 11.9. The second-order valence-corrected chi connectivity index (χ2v) is 9.39. The van der Waals surface area contributed by atoms with Crippen LogP contribution in [-0.4, -0.2) is 33.5 Å². The van der Waals surface area contributed by atoms with Crippen molar-refractivity contribution in [2.24, 2.45) is 0 Å². The predicted octanol–water partition coefficient (Wildman–Crippen LogP) is 2.94. The first kappa shape index (κ1) is 22.5. The highest BCUT2D eigenvalue weighted by Crippen LogP contribution is 2.55. The van der Waals surface area contributed by atoms with E-state index in [1.165, 1.54) is 21.8 Å². The van der Waals surface area contributed by atoms with Gasteiger partial charge in [0, 0.05) is 23.2 Å². The summed E-state index contributed by atoms with van der Waals surface area (Å²) in [7, 11) is -3.93. The van der Waals surface area contributed by atoms with Crippen molar-refractivity contribution in [1.82, 2.24) is 9.55 Å². The molecule has 2 N–H and O–H groups in total. The molecule has 4 atom stereocenters. The van der Waals surface area contributed by atoms with Crippen LogP contribution >= 0.6 is 35.4 Å². The third-order valence-electron chi connectivity index (χ3n) is 4.76. The van der Waals surface area contributed by atoms with Crippen molar-refractivity contribution < 1.29 is 28.0 Å². The summed E-state index contributed by atoms with van der Waals surface area (Å²) in [6.45, 7) is -0.315. The Morgan fingerprint density at radius 1 is 1.42 bits per heavy atom. The number of aliphatic hydroxyl groups excluding tert-OH is 1. The quantitative estimate of drug-likeness (QED) is 0.559. The molecule has 0 aliphatic carbocycles. The number of phosphoric acid groups is 1. The summed E-state index contributed by atoms with van der Waals surface area (Å²) in [6, 6.07) is 4.79. The van der Waals surface area contributed by atoms with Crippen LogP contribution in [0, 0.1) is 0 Å². The third-order valence-corrected chi connectivity index (χ3v) is 6.59. The average molecular weight is 536 g/mol. The van der Waals surface area contributed by atoms with E-state index in [9.17, 15) is 19.3 Å². The molecule has 4 rings (SSSR count). The Labute approximate surface area is 189 Å². The highest BCUT2D eigenvalue weighted by Gasteiger charge is 2.40. The molecule has 1 aromatic carbocycles. The van der Waals surface area contributed by atoms with Crippen LogP contribution in [0.4, 0.5) is 0 Å². The first-order valence-electron chi connectivity index (χ1n) is 9.11. The zero-order valence-corrected chi connectivity index (χ0v) is 19.0. The summed E-state index contributed by atoms with van der Waals surface area (Å²) >= 11 is 8.99. The minimum Gasteiger partial charge on any atom is -0.404 e. The van der Waals surface area contributed by atoms with E-state index in [1.807, 2.05) is 0 Å². The Morgan fingerprint density at radius 2 is 2.23 bits per heavy atom. The lowest BCUT2D eigenvalue weighted by Crippen LogP contribution is -2.33. The number of aromatic amines is 1. The van der Waals surface area contributed by atoms with Gasteiger partial charge in [0.2, 0.25) is 0 Å². The Morgan fingerprint density at radius 3 is 3.00 bits per heavy atom. The van der Waals surface area contributed by atoms with Crippen LogP contribution in [0.15, 0.2) is 39.0 Å². The number of nitrogens with one attached hydrogen (secondary N) is 1. The maximum absolute atomic E-state index is 12.8. The number of aliphatic hydroxyl groups is 1. The van der Waals surface area contributed by atoms with E-state index < -0.39 is 37.5 Å². The second-order valence-electron chi connectivity index (χ2n) is 6.84. The van der Waals surface area contributed by atoms with Crippen LogP contribution in [0.25, 0.3) is 6.08 Å². The summed E-state index contributed by atoms with van der Waals surface area (Å²) in [6.07, 6.45) is 0.0920. The molecule has 0 radical (unpaired) electrons. The van der Waals surface area contributed by atoms with Gasteiger partial charge in [0.25, 0.3) is 5.56 Å². The lowest BCUT2D eigenvalue weighted by molar-refractivity contribution is -0.0468. The largest absolute Gasteiger partial charge is 0.530 e. The minimum absolute atomic E-state index is 0.0134. The van der Waals surface area contributed by atoms with Gasteiger partial charge < -0.3 is 14.4 Å². The van der Waals surface area contributed by atoms with Gasteiger partial charge in [0.05, 0.1) is 24.9 Å². The zero-order chi connectivity index (χ0) is 22.2. The number of rotatable bonds is 5. The van der Waals surface area contributed by atoms with Crippen molar-refractivity contribution >= 4 is 41.4 Å². The molecule has 1 aromatic heterocycles. The first-order chi connectivity index (χ1) is 14.8. The van der Waals surface area contributed by atoms with Crippen LogP contribution in [0.5, 0.6) is 5.75 Å². The standard InChI is InChI=1S/C18H17BrClN2O8P/c19-4-3-10-7-22(18(25)21-17(10)24)16-6-13(23)15(29-16)9-28-31(26)27-8-11-5-12(20)1-2-14(11)30-31/h1-5,7,13,15-16,23H,6,8-9H2,(H,21,24,25)/b4-3+/t13-,15+,16+,31?/m0/s1. The molecule has 1 saturated heterocycles. The van der Waals surface area contributed by atoms with E-state index in [-0.39, 0.29) is 25.2 Å². The van der Waals surface area contributed by atoms with Crippen molar-refractivity contribution in [2.45, 2.75) is 31.5 Å². The van der Waals surface area contributed by atoms with E-state index in [1.54, 1.807) is 18.2 Å². The van der Waals surface area contributed by atoms with Crippen molar-refractivity contribution in [3.63, 3.8) is 0 Å². The molecule has 1 fully saturated rings. The molecule has 2 aromatic rings. The second kappa shape index (κ2) is 9.03. The SMILES string of the molecule is O=c1[nH]c(=O)n([C@H]2C[C@H](O)[C@@H](COP3(=O)OCc4cc(Cl)ccc4O3)O2)cc1/C=C/Br. The molecule has 2 aliphatic heterocycles. The summed E-state index contributed by atoms with van der Waals surface area (Å²) in [5.74, 6) is 0.330.